The van der Waals surface area contributed by atoms with Gasteiger partial charge >= 0.3 is 0 Å². The second-order valence-corrected chi connectivity index (χ2v) is 8.59. The van der Waals surface area contributed by atoms with Gasteiger partial charge in [0.15, 0.2) is 0 Å². The summed E-state index contributed by atoms with van der Waals surface area (Å²) in [6, 6.07) is 0.781. The zero-order chi connectivity index (χ0) is 13.0. The number of rotatable bonds is 5. The van der Waals surface area contributed by atoms with Gasteiger partial charge in [-0.25, -0.2) is 0 Å². The van der Waals surface area contributed by atoms with Crippen LogP contribution in [0.25, 0.3) is 0 Å². The van der Waals surface area contributed by atoms with Crippen molar-refractivity contribution in [2.45, 2.75) is 88.7 Å². The molecule has 2 saturated carbocycles. The SMILES string of the molecule is CCCNC1CCC(C)(C)CC1SC1CCCC1. The van der Waals surface area contributed by atoms with Gasteiger partial charge in [0, 0.05) is 16.5 Å². The smallest absolute Gasteiger partial charge is 0.0209 e. The average Bonchev–Trinajstić information content (AvgIpc) is 2.80. The third-order valence-electron chi connectivity index (χ3n) is 4.66. The van der Waals surface area contributed by atoms with E-state index in [1.807, 2.05) is 0 Å². The molecule has 0 amide bonds. The van der Waals surface area contributed by atoms with Crippen molar-refractivity contribution in [3.8, 4) is 0 Å². The van der Waals surface area contributed by atoms with Gasteiger partial charge in [0.1, 0.15) is 0 Å². The molecule has 0 bridgehead atoms. The minimum Gasteiger partial charge on any atom is -0.313 e. The van der Waals surface area contributed by atoms with Crippen molar-refractivity contribution in [3.63, 3.8) is 0 Å². The van der Waals surface area contributed by atoms with Crippen LogP contribution < -0.4 is 5.32 Å². The molecule has 106 valence electrons. The predicted molar refractivity (Wildman–Crippen MR) is 83.3 cm³/mol. The predicted octanol–water partition coefficient (Wildman–Crippen LogP) is 4.61. The van der Waals surface area contributed by atoms with Crippen molar-refractivity contribution >= 4 is 11.8 Å². The number of thioether (sulfide) groups is 1. The first-order valence-electron chi connectivity index (χ1n) is 7.99. The Hall–Kier alpha value is 0.310. The van der Waals surface area contributed by atoms with Crippen molar-refractivity contribution < 1.29 is 0 Å². The van der Waals surface area contributed by atoms with E-state index < -0.39 is 0 Å². The van der Waals surface area contributed by atoms with Crippen molar-refractivity contribution in [3.05, 3.63) is 0 Å². The van der Waals surface area contributed by atoms with Gasteiger partial charge in [0.2, 0.25) is 0 Å². The minimum atomic E-state index is 0.570. The topological polar surface area (TPSA) is 12.0 Å². The summed E-state index contributed by atoms with van der Waals surface area (Å²) >= 11 is 2.33. The van der Waals surface area contributed by atoms with E-state index in [2.05, 4.69) is 37.8 Å². The first kappa shape index (κ1) is 14.7. The molecule has 2 fully saturated rings. The summed E-state index contributed by atoms with van der Waals surface area (Å²) in [5, 5.41) is 5.64. The molecular formula is C16H31NS. The average molecular weight is 269 g/mol. The Morgan fingerprint density at radius 2 is 1.89 bits per heavy atom. The summed E-state index contributed by atoms with van der Waals surface area (Å²) in [5.41, 5.74) is 0.570. The summed E-state index contributed by atoms with van der Waals surface area (Å²) in [5.74, 6) is 0. The molecule has 2 aliphatic carbocycles. The van der Waals surface area contributed by atoms with E-state index in [9.17, 15) is 0 Å². The normalized spacial score (nSPS) is 32.8. The first-order chi connectivity index (χ1) is 8.61. The van der Waals surface area contributed by atoms with Crippen molar-refractivity contribution in [2.24, 2.45) is 5.41 Å². The molecular weight excluding hydrogens is 238 g/mol. The lowest BCUT2D eigenvalue weighted by molar-refractivity contribution is 0.214. The quantitative estimate of drug-likeness (QED) is 0.782. The van der Waals surface area contributed by atoms with E-state index >= 15 is 0 Å². The van der Waals surface area contributed by atoms with Gasteiger partial charge < -0.3 is 5.32 Å². The largest absolute Gasteiger partial charge is 0.313 e. The van der Waals surface area contributed by atoms with E-state index in [0.717, 1.165) is 16.5 Å². The number of hydrogen-bond donors (Lipinski definition) is 1. The van der Waals surface area contributed by atoms with E-state index in [4.69, 9.17) is 0 Å². The van der Waals surface area contributed by atoms with E-state index in [-0.39, 0.29) is 0 Å². The summed E-state index contributed by atoms with van der Waals surface area (Å²) in [6.07, 6.45) is 11.4. The molecule has 2 heteroatoms. The van der Waals surface area contributed by atoms with E-state index in [1.165, 1.54) is 57.9 Å². The van der Waals surface area contributed by atoms with Gasteiger partial charge in [0.25, 0.3) is 0 Å². The summed E-state index contributed by atoms with van der Waals surface area (Å²) < 4.78 is 0. The first-order valence-corrected chi connectivity index (χ1v) is 8.94. The standard InChI is InChI=1S/C16H31NS/c1-4-11-17-14-9-10-16(2,3)12-15(14)18-13-7-5-6-8-13/h13-15,17H,4-12H2,1-3H3. The van der Waals surface area contributed by atoms with E-state index in [1.54, 1.807) is 0 Å². The van der Waals surface area contributed by atoms with Crippen molar-refractivity contribution in [1.82, 2.24) is 5.32 Å². The third-order valence-corrected chi connectivity index (χ3v) is 6.36. The van der Waals surface area contributed by atoms with Crippen LogP contribution in [0.4, 0.5) is 0 Å². The maximum absolute atomic E-state index is 3.81. The lowest BCUT2D eigenvalue weighted by atomic mass is 9.75. The Bertz CT molecular complexity index is 245. The maximum Gasteiger partial charge on any atom is 0.0209 e. The Morgan fingerprint density at radius 3 is 2.56 bits per heavy atom. The lowest BCUT2D eigenvalue weighted by Crippen LogP contribution is -2.45. The molecule has 0 aromatic carbocycles. The molecule has 0 aromatic heterocycles. The third kappa shape index (κ3) is 4.16. The van der Waals surface area contributed by atoms with Crippen LogP contribution in [0.3, 0.4) is 0 Å². The van der Waals surface area contributed by atoms with Gasteiger partial charge in [0.05, 0.1) is 0 Å². The van der Waals surface area contributed by atoms with Crippen LogP contribution >= 0.6 is 11.8 Å². The molecule has 1 N–H and O–H groups in total. The van der Waals surface area contributed by atoms with E-state index in [0.29, 0.717) is 5.41 Å². The molecule has 18 heavy (non-hydrogen) atoms. The van der Waals surface area contributed by atoms with Crippen molar-refractivity contribution in [1.29, 1.82) is 0 Å². The Morgan fingerprint density at radius 1 is 1.17 bits per heavy atom. The summed E-state index contributed by atoms with van der Waals surface area (Å²) in [6.45, 7) is 8.40. The van der Waals surface area contributed by atoms with Crippen LogP contribution in [0.5, 0.6) is 0 Å². The fourth-order valence-corrected chi connectivity index (χ4v) is 5.57. The highest BCUT2D eigenvalue weighted by Gasteiger charge is 2.36. The molecule has 0 spiro atoms. The van der Waals surface area contributed by atoms with Crippen LogP contribution in [0.1, 0.15) is 72.1 Å². The zero-order valence-corrected chi connectivity index (χ0v) is 13.3. The highest BCUT2D eigenvalue weighted by molar-refractivity contribution is 8.00. The highest BCUT2D eigenvalue weighted by atomic mass is 32.2. The summed E-state index contributed by atoms with van der Waals surface area (Å²) in [4.78, 5) is 0. The van der Waals surface area contributed by atoms with Crippen LogP contribution in [-0.4, -0.2) is 23.1 Å². The lowest BCUT2D eigenvalue weighted by Gasteiger charge is -2.42. The second-order valence-electron chi connectivity index (χ2n) is 7.05. The van der Waals surface area contributed by atoms with Crippen LogP contribution in [0.2, 0.25) is 0 Å². The molecule has 0 radical (unpaired) electrons. The fourth-order valence-electron chi connectivity index (χ4n) is 3.50. The monoisotopic (exact) mass is 269 g/mol. The fraction of sp³-hybridized carbons (Fsp3) is 1.00. The molecule has 1 nitrogen and oxygen atoms in total. The molecule has 2 rings (SSSR count). The zero-order valence-electron chi connectivity index (χ0n) is 12.5. The van der Waals surface area contributed by atoms with Gasteiger partial charge in [-0.15, -0.1) is 0 Å². The van der Waals surface area contributed by atoms with Crippen LogP contribution in [-0.2, 0) is 0 Å². The molecule has 0 saturated heterocycles. The van der Waals surface area contributed by atoms with Gasteiger partial charge in [-0.1, -0.05) is 33.6 Å². The van der Waals surface area contributed by atoms with Crippen LogP contribution in [0, 0.1) is 5.41 Å². The van der Waals surface area contributed by atoms with Gasteiger partial charge in [-0.3, -0.25) is 0 Å². The highest BCUT2D eigenvalue weighted by Crippen LogP contribution is 2.44. The summed E-state index contributed by atoms with van der Waals surface area (Å²) in [7, 11) is 0. The maximum atomic E-state index is 3.81. The minimum absolute atomic E-state index is 0.570. The molecule has 2 aliphatic rings. The Kier molecular flexibility index (Phi) is 5.44. The number of nitrogens with one attached hydrogen (secondary N) is 1. The number of hydrogen-bond acceptors (Lipinski definition) is 2. The van der Waals surface area contributed by atoms with Gasteiger partial charge in [-0.05, 0) is 50.5 Å². The Balaban J connectivity index is 1.90. The second kappa shape index (κ2) is 6.65. The molecule has 2 atom stereocenters. The molecule has 0 aliphatic heterocycles. The van der Waals surface area contributed by atoms with Gasteiger partial charge in [-0.2, -0.15) is 11.8 Å². The van der Waals surface area contributed by atoms with Crippen molar-refractivity contribution in [2.75, 3.05) is 6.54 Å². The Labute approximate surface area is 118 Å². The van der Waals surface area contributed by atoms with Crippen LogP contribution in [0.15, 0.2) is 0 Å². The molecule has 2 unspecified atom stereocenters. The molecule has 0 aromatic rings. The molecule has 0 heterocycles.